The van der Waals surface area contributed by atoms with Crippen LogP contribution in [0.5, 0.6) is 0 Å². The van der Waals surface area contributed by atoms with Crippen LogP contribution in [0.15, 0.2) is 54.6 Å². The molecule has 1 nitrogen and oxygen atoms in total. The van der Waals surface area contributed by atoms with E-state index in [1.165, 1.54) is 42.4 Å². The molecule has 0 saturated heterocycles. The van der Waals surface area contributed by atoms with E-state index in [1.807, 2.05) is 0 Å². The first-order chi connectivity index (χ1) is 15.3. The van der Waals surface area contributed by atoms with Gasteiger partial charge in [-0.05, 0) is 60.1 Å². The van der Waals surface area contributed by atoms with Crippen LogP contribution in [0.25, 0.3) is 0 Å². The number of hydrogen-bond acceptors (Lipinski definition) is 2. The van der Waals surface area contributed by atoms with E-state index in [9.17, 15) is 0 Å². The Balaban J connectivity index is 2.22. The van der Waals surface area contributed by atoms with E-state index >= 15 is 0 Å². The molecule has 0 spiro atoms. The Morgan fingerprint density at radius 3 is 2.03 bits per heavy atom. The predicted molar refractivity (Wildman–Crippen MR) is 147 cm³/mol. The van der Waals surface area contributed by atoms with Gasteiger partial charge in [0.25, 0.3) is 0 Å². The predicted octanol–water partition coefficient (Wildman–Crippen LogP) is 9.91. The second kappa shape index (κ2) is 13.8. The second-order valence-corrected chi connectivity index (χ2v) is 11.6. The molecule has 0 aliphatic carbocycles. The molecule has 0 saturated carbocycles. The molecular formula is C29H45OPS. The van der Waals surface area contributed by atoms with Gasteiger partial charge in [0, 0.05) is 12.0 Å². The molecule has 0 amide bonds. The van der Waals surface area contributed by atoms with Gasteiger partial charge in [-0.2, -0.15) is 0 Å². The number of rotatable bonds is 14. The first-order valence-corrected chi connectivity index (χ1v) is 14.0. The van der Waals surface area contributed by atoms with Crippen LogP contribution in [0.3, 0.4) is 0 Å². The topological polar surface area (TPSA) is 9.23 Å². The Bertz CT molecular complexity index is 760. The summed E-state index contributed by atoms with van der Waals surface area (Å²) in [6, 6.07) is 20.3. The lowest BCUT2D eigenvalue weighted by atomic mass is 9.86. The zero-order valence-corrected chi connectivity index (χ0v) is 23.1. The molecule has 0 N–H and O–H groups in total. The normalized spacial score (nSPS) is 16.5. The summed E-state index contributed by atoms with van der Waals surface area (Å²) >= 11 is 1.66. The fraction of sp³-hybridized carbons (Fsp3) is 0.586. The summed E-state index contributed by atoms with van der Waals surface area (Å²) in [5.74, 6) is 1.75. The molecular weight excluding hydrogens is 427 g/mol. The average molecular weight is 473 g/mol. The van der Waals surface area contributed by atoms with E-state index in [0.717, 1.165) is 18.8 Å². The molecule has 2 rings (SSSR count). The monoisotopic (exact) mass is 472 g/mol. The summed E-state index contributed by atoms with van der Waals surface area (Å²) in [4.78, 5) is 0. The zero-order chi connectivity index (χ0) is 23.6. The lowest BCUT2D eigenvalue weighted by molar-refractivity contribution is 0.177. The van der Waals surface area contributed by atoms with Crippen LogP contribution in [0.2, 0.25) is 0 Å². The van der Waals surface area contributed by atoms with E-state index < -0.39 is 0 Å². The summed E-state index contributed by atoms with van der Waals surface area (Å²) in [7, 11) is 3.00. The van der Waals surface area contributed by atoms with Crippen molar-refractivity contribution >= 4 is 21.3 Å². The minimum Gasteiger partial charge on any atom is -0.304 e. The van der Waals surface area contributed by atoms with Crippen LogP contribution >= 0.6 is 21.3 Å². The van der Waals surface area contributed by atoms with Gasteiger partial charge in [0.05, 0.1) is 10.6 Å². The fourth-order valence-corrected chi connectivity index (χ4v) is 5.78. The molecule has 0 aromatic heterocycles. The van der Waals surface area contributed by atoms with Gasteiger partial charge in [-0.3, -0.25) is 0 Å². The zero-order valence-electron chi connectivity index (χ0n) is 21.1. The van der Waals surface area contributed by atoms with Crippen LogP contribution in [0, 0.1) is 5.92 Å². The molecule has 5 atom stereocenters. The quantitative estimate of drug-likeness (QED) is 0.200. The number of hydrogen-bond donors (Lipinski definition) is 0. The summed E-state index contributed by atoms with van der Waals surface area (Å²) in [5.41, 5.74) is 4.20. The molecule has 0 bridgehead atoms. The van der Waals surface area contributed by atoms with Crippen molar-refractivity contribution in [1.82, 2.24) is 0 Å². The maximum atomic E-state index is 6.54. The maximum Gasteiger partial charge on any atom is 0.0956 e. The van der Waals surface area contributed by atoms with Crippen molar-refractivity contribution in [2.75, 3.05) is 0 Å². The average Bonchev–Trinajstić information content (AvgIpc) is 2.82. The third-order valence-electron chi connectivity index (χ3n) is 6.63. The Morgan fingerprint density at radius 2 is 1.50 bits per heavy atom. The van der Waals surface area contributed by atoms with Crippen LogP contribution in [-0.2, 0) is 4.18 Å². The van der Waals surface area contributed by atoms with E-state index in [4.69, 9.17) is 4.18 Å². The molecule has 0 aliphatic rings. The highest BCUT2D eigenvalue weighted by Gasteiger charge is 2.29. The van der Waals surface area contributed by atoms with Crippen molar-refractivity contribution < 1.29 is 4.18 Å². The Kier molecular flexibility index (Phi) is 11.8. The largest absolute Gasteiger partial charge is 0.304 e. The Morgan fingerprint density at radius 1 is 0.875 bits per heavy atom. The number of unbranched alkanes of at least 4 members (excludes halogenated alkanes) is 1. The van der Waals surface area contributed by atoms with Crippen molar-refractivity contribution in [3.8, 4) is 0 Å². The van der Waals surface area contributed by atoms with Crippen molar-refractivity contribution in [3.05, 3.63) is 71.3 Å². The lowest BCUT2D eigenvalue weighted by Crippen LogP contribution is -2.22. The highest BCUT2D eigenvalue weighted by molar-refractivity contribution is 7.95. The van der Waals surface area contributed by atoms with Crippen molar-refractivity contribution in [1.29, 1.82) is 0 Å². The van der Waals surface area contributed by atoms with Crippen LogP contribution in [0.4, 0.5) is 0 Å². The van der Waals surface area contributed by atoms with Gasteiger partial charge in [-0.25, -0.2) is 0 Å². The standard InChI is InChI=1S/C29H45OPS/c1-7-10-20-29(31,9-3)30-32-28(27-14-12-11-13-15-27)23(6)25-16-18-26(19-17-25)24(8-2)21-22(4)5/h11-19,22-24,28H,7-10,20-21,31H2,1-6H3. The highest BCUT2D eigenvalue weighted by atomic mass is 32.2. The van der Waals surface area contributed by atoms with Gasteiger partial charge in [0.2, 0.25) is 0 Å². The first kappa shape index (κ1) is 27.4. The molecule has 0 aliphatic heterocycles. The summed E-state index contributed by atoms with van der Waals surface area (Å²) < 4.78 is 6.54. The Hall–Kier alpha value is -0.820. The third-order valence-corrected chi connectivity index (χ3v) is 8.94. The molecule has 178 valence electrons. The van der Waals surface area contributed by atoms with Crippen molar-refractivity contribution in [2.45, 2.75) is 102 Å². The molecule has 3 heteroatoms. The minimum atomic E-state index is -0.150. The summed E-state index contributed by atoms with van der Waals surface area (Å²) in [5, 5.41) is 0.107. The summed E-state index contributed by atoms with van der Waals surface area (Å²) in [6.45, 7) is 13.8. The van der Waals surface area contributed by atoms with Gasteiger partial charge in [0.1, 0.15) is 0 Å². The van der Waals surface area contributed by atoms with Crippen LogP contribution in [0.1, 0.15) is 114 Å². The Labute approximate surface area is 204 Å². The SMILES string of the molecule is CCCCC(P)(CC)OSC(c1ccccc1)C(C)c1ccc(C(CC)CC(C)C)cc1. The smallest absolute Gasteiger partial charge is 0.0956 e. The van der Waals surface area contributed by atoms with E-state index in [0.29, 0.717) is 11.8 Å². The number of benzene rings is 2. The molecule has 5 unspecified atom stereocenters. The molecule has 0 heterocycles. The molecule has 2 aromatic carbocycles. The van der Waals surface area contributed by atoms with Crippen LogP contribution < -0.4 is 0 Å². The van der Waals surface area contributed by atoms with Gasteiger partial charge in [0.15, 0.2) is 0 Å². The minimum absolute atomic E-state index is 0.150. The van der Waals surface area contributed by atoms with Crippen molar-refractivity contribution in [2.24, 2.45) is 5.92 Å². The fourth-order valence-electron chi connectivity index (χ4n) is 4.33. The highest BCUT2D eigenvalue weighted by Crippen LogP contribution is 2.46. The molecule has 0 radical (unpaired) electrons. The van der Waals surface area contributed by atoms with E-state index in [2.05, 4.69) is 105 Å². The lowest BCUT2D eigenvalue weighted by Gasteiger charge is -2.32. The van der Waals surface area contributed by atoms with Gasteiger partial charge in [-0.15, -0.1) is 9.24 Å². The second-order valence-electron chi connectivity index (χ2n) is 9.72. The molecule has 0 fully saturated rings. The molecule has 32 heavy (non-hydrogen) atoms. The van der Waals surface area contributed by atoms with Gasteiger partial charge >= 0.3 is 0 Å². The maximum absolute atomic E-state index is 6.54. The van der Waals surface area contributed by atoms with Gasteiger partial charge in [-0.1, -0.05) is 109 Å². The van der Waals surface area contributed by atoms with Crippen LogP contribution in [-0.4, -0.2) is 5.34 Å². The van der Waals surface area contributed by atoms with E-state index in [1.54, 1.807) is 12.0 Å². The van der Waals surface area contributed by atoms with Gasteiger partial charge < -0.3 is 4.18 Å². The van der Waals surface area contributed by atoms with E-state index in [-0.39, 0.29) is 10.6 Å². The molecule has 2 aromatic rings. The van der Waals surface area contributed by atoms with Crippen molar-refractivity contribution in [3.63, 3.8) is 0 Å². The third kappa shape index (κ3) is 8.19. The first-order valence-electron chi connectivity index (χ1n) is 12.6. The summed E-state index contributed by atoms with van der Waals surface area (Å²) in [6.07, 6.45) is 6.94.